The maximum Gasteiger partial charge on any atom is 0.162 e. The van der Waals surface area contributed by atoms with Crippen LogP contribution in [-0.4, -0.2) is 23.1 Å². The van der Waals surface area contributed by atoms with E-state index in [1.54, 1.807) is 0 Å². The number of hydrogen-bond donors (Lipinski definition) is 1. The number of aryl methyl sites for hydroxylation is 1. The average Bonchev–Trinajstić information content (AvgIpc) is 2.88. The first-order valence-corrected chi connectivity index (χ1v) is 8.34. The molecule has 1 aromatic heterocycles. The molecule has 1 aliphatic heterocycles. The zero-order valence-electron chi connectivity index (χ0n) is 12.6. The van der Waals surface area contributed by atoms with Crippen LogP contribution in [0, 0.1) is 0 Å². The average molecular weight is 342 g/mol. The fourth-order valence-corrected chi connectivity index (χ4v) is 2.96. The van der Waals surface area contributed by atoms with Crippen LogP contribution in [-0.2, 0) is 16.8 Å². The molecular formula is C15H24BrN3O. The maximum absolute atomic E-state index is 5.89. The van der Waals surface area contributed by atoms with E-state index in [1.807, 2.05) is 0 Å². The SMILES string of the molecule is CCCNc1nc(C2(C)CCCO2)nc(CCC)c1Br. The van der Waals surface area contributed by atoms with Gasteiger partial charge in [-0.3, -0.25) is 0 Å². The van der Waals surface area contributed by atoms with Gasteiger partial charge < -0.3 is 10.1 Å². The molecule has 1 aromatic rings. The molecule has 0 spiro atoms. The lowest BCUT2D eigenvalue weighted by Gasteiger charge is -2.23. The van der Waals surface area contributed by atoms with Gasteiger partial charge in [-0.2, -0.15) is 0 Å². The summed E-state index contributed by atoms with van der Waals surface area (Å²) in [5, 5.41) is 3.39. The molecule has 2 rings (SSSR count). The van der Waals surface area contributed by atoms with Gasteiger partial charge in [0.15, 0.2) is 5.82 Å². The van der Waals surface area contributed by atoms with Gasteiger partial charge in [-0.25, -0.2) is 9.97 Å². The molecule has 20 heavy (non-hydrogen) atoms. The molecule has 4 nitrogen and oxygen atoms in total. The summed E-state index contributed by atoms with van der Waals surface area (Å²) < 4.78 is 6.89. The molecule has 1 N–H and O–H groups in total. The molecule has 0 saturated carbocycles. The predicted octanol–water partition coefficient (Wildman–Crippen LogP) is 4.04. The molecule has 0 radical (unpaired) electrons. The van der Waals surface area contributed by atoms with Crippen LogP contribution in [0.1, 0.15) is 58.0 Å². The predicted molar refractivity (Wildman–Crippen MR) is 85.0 cm³/mol. The van der Waals surface area contributed by atoms with Gasteiger partial charge in [0.05, 0.1) is 10.2 Å². The largest absolute Gasteiger partial charge is 0.369 e. The Hall–Kier alpha value is -0.680. The summed E-state index contributed by atoms with van der Waals surface area (Å²) in [4.78, 5) is 9.47. The number of nitrogens with zero attached hydrogens (tertiary/aromatic N) is 2. The molecule has 0 bridgehead atoms. The molecule has 1 fully saturated rings. The second kappa shape index (κ2) is 6.85. The Morgan fingerprint density at radius 2 is 2.10 bits per heavy atom. The van der Waals surface area contributed by atoms with Crippen molar-refractivity contribution in [2.24, 2.45) is 0 Å². The molecule has 2 heterocycles. The molecule has 0 amide bonds. The van der Waals surface area contributed by atoms with Gasteiger partial charge in [-0.1, -0.05) is 20.3 Å². The second-order valence-corrected chi connectivity index (χ2v) is 6.31. The Bertz CT molecular complexity index is 459. The van der Waals surface area contributed by atoms with Crippen LogP contribution in [0.2, 0.25) is 0 Å². The van der Waals surface area contributed by atoms with Crippen molar-refractivity contribution in [2.75, 3.05) is 18.5 Å². The Labute approximate surface area is 129 Å². The normalized spacial score (nSPS) is 22.2. The van der Waals surface area contributed by atoms with Crippen molar-refractivity contribution in [1.29, 1.82) is 0 Å². The molecule has 1 aliphatic rings. The van der Waals surface area contributed by atoms with E-state index in [2.05, 4.69) is 42.0 Å². The highest BCUT2D eigenvalue weighted by Gasteiger charge is 2.35. The number of ether oxygens (including phenoxy) is 1. The van der Waals surface area contributed by atoms with Crippen molar-refractivity contribution in [3.63, 3.8) is 0 Å². The van der Waals surface area contributed by atoms with E-state index in [0.717, 1.165) is 67.1 Å². The van der Waals surface area contributed by atoms with Gasteiger partial charge in [0, 0.05) is 13.2 Å². The van der Waals surface area contributed by atoms with E-state index >= 15 is 0 Å². The molecule has 1 unspecified atom stereocenters. The molecule has 1 atom stereocenters. The monoisotopic (exact) mass is 341 g/mol. The summed E-state index contributed by atoms with van der Waals surface area (Å²) in [6.45, 7) is 8.13. The van der Waals surface area contributed by atoms with E-state index in [0.29, 0.717) is 0 Å². The van der Waals surface area contributed by atoms with Crippen molar-refractivity contribution < 1.29 is 4.74 Å². The van der Waals surface area contributed by atoms with E-state index < -0.39 is 0 Å². The highest BCUT2D eigenvalue weighted by atomic mass is 79.9. The van der Waals surface area contributed by atoms with Crippen LogP contribution < -0.4 is 5.32 Å². The third-order valence-corrected chi connectivity index (χ3v) is 4.47. The molecule has 5 heteroatoms. The Morgan fingerprint density at radius 3 is 2.70 bits per heavy atom. The first kappa shape index (κ1) is 15.7. The Balaban J connectivity index is 2.38. The van der Waals surface area contributed by atoms with Crippen LogP contribution in [0.25, 0.3) is 0 Å². The summed E-state index contributed by atoms with van der Waals surface area (Å²) >= 11 is 3.64. The maximum atomic E-state index is 5.89. The highest BCUT2D eigenvalue weighted by molar-refractivity contribution is 9.10. The fraction of sp³-hybridized carbons (Fsp3) is 0.733. The third-order valence-electron chi connectivity index (χ3n) is 3.64. The lowest BCUT2D eigenvalue weighted by atomic mass is 10.0. The van der Waals surface area contributed by atoms with E-state index in [4.69, 9.17) is 14.7 Å². The number of nitrogens with one attached hydrogen (secondary N) is 1. The minimum absolute atomic E-state index is 0.328. The van der Waals surface area contributed by atoms with Crippen LogP contribution in [0.3, 0.4) is 0 Å². The summed E-state index contributed by atoms with van der Waals surface area (Å²) in [7, 11) is 0. The van der Waals surface area contributed by atoms with E-state index in [9.17, 15) is 0 Å². The fourth-order valence-electron chi connectivity index (χ4n) is 2.45. The summed E-state index contributed by atoms with van der Waals surface area (Å²) in [6, 6.07) is 0. The third kappa shape index (κ3) is 3.31. The van der Waals surface area contributed by atoms with Gasteiger partial charge in [0.2, 0.25) is 0 Å². The number of anilines is 1. The summed E-state index contributed by atoms with van der Waals surface area (Å²) in [6.07, 6.45) is 5.17. The zero-order valence-corrected chi connectivity index (χ0v) is 14.2. The van der Waals surface area contributed by atoms with Crippen molar-refractivity contribution >= 4 is 21.7 Å². The minimum Gasteiger partial charge on any atom is -0.369 e. The summed E-state index contributed by atoms with van der Waals surface area (Å²) in [5.74, 6) is 1.72. The van der Waals surface area contributed by atoms with Gasteiger partial charge in [-0.15, -0.1) is 0 Å². The Morgan fingerprint density at radius 1 is 1.30 bits per heavy atom. The van der Waals surface area contributed by atoms with Gasteiger partial charge in [0.25, 0.3) is 0 Å². The number of aromatic nitrogens is 2. The lowest BCUT2D eigenvalue weighted by molar-refractivity contribution is 0.00923. The van der Waals surface area contributed by atoms with Crippen LogP contribution >= 0.6 is 15.9 Å². The first-order chi connectivity index (χ1) is 9.60. The van der Waals surface area contributed by atoms with Gasteiger partial charge in [-0.05, 0) is 48.5 Å². The van der Waals surface area contributed by atoms with Crippen LogP contribution in [0.15, 0.2) is 4.47 Å². The summed E-state index contributed by atoms with van der Waals surface area (Å²) in [5.41, 5.74) is 0.749. The number of halogens is 1. The quantitative estimate of drug-likeness (QED) is 0.848. The first-order valence-electron chi connectivity index (χ1n) is 7.55. The topological polar surface area (TPSA) is 47.0 Å². The van der Waals surface area contributed by atoms with Gasteiger partial charge in [0.1, 0.15) is 11.4 Å². The second-order valence-electron chi connectivity index (χ2n) is 5.52. The van der Waals surface area contributed by atoms with Crippen molar-refractivity contribution in [1.82, 2.24) is 9.97 Å². The molecule has 112 valence electrons. The number of rotatable bonds is 6. The smallest absolute Gasteiger partial charge is 0.162 e. The van der Waals surface area contributed by atoms with Crippen LogP contribution in [0.5, 0.6) is 0 Å². The van der Waals surface area contributed by atoms with E-state index in [-0.39, 0.29) is 5.60 Å². The molecular weight excluding hydrogens is 318 g/mol. The highest BCUT2D eigenvalue weighted by Crippen LogP contribution is 2.36. The van der Waals surface area contributed by atoms with Crippen molar-refractivity contribution in [2.45, 2.75) is 58.5 Å². The van der Waals surface area contributed by atoms with Crippen LogP contribution in [0.4, 0.5) is 5.82 Å². The molecule has 0 aliphatic carbocycles. The lowest BCUT2D eigenvalue weighted by Crippen LogP contribution is -2.25. The molecule has 0 aromatic carbocycles. The van der Waals surface area contributed by atoms with Crippen molar-refractivity contribution in [3.8, 4) is 0 Å². The molecule has 1 saturated heterocycles. The Kier molecular flexibility index (Phi) is 5.38. The standard InChI is InChI=1S/C15H24BrN3O/c1-4-7-11-12(16)13(17-9-5-2)19-14(18-11)15(3)8-6-10-20-15/h4-10H2,1-3H3,(H,17,18,19). The minimum atomic E-state index is -0.328. The number of hydrogen-bond acceptors (Lipinski definition) is 4. The van der Waals surface area contributed by atoms with Gasteiger partial charge >= 0.3 is 0 Å². The zero-order chi connectivity index (χ0) is 14.6. The van der Waals surface area contributed by atoms with E-state index in [1.165, 1.54) is 0 Å². The van der Waals surface area contributed by atoms with Crippen molar-refractivity contribution in [3.05, 3.63) is 16.0 Å².